The Labute approximate surface area is 129 Å². The van der Waals surface area contributed by atoms with Gasteiger partial charge in [-0.1, -0.05) is 0 Å². The number of nitro benzene ring substituents is 1. The Morgan fingerprint density at radius 3 is 2.68 bits per heavy atom. The maximum absolute atomic E-state index is 11.1. The molecule has 0 aliphatic carbocycles. The summed E-state index contributed by atoms with van der Waals surface area (Å²) < 4.78 is 21.3. The first-order valence-electron chi connectivity index (χ1n) is 7.01. The van der Waals surface area contributed by atoms with Crippen molar-refractivity contribution in [1.82, 2.24) is 0 Å². The molecule has 7 nitrogen and oxygen atoms in total. The van der Waals surface area contributed by atoms with Gasteiger partial charge in [0.1, 0.15) is 24.6 Å². The summed E-state index contributed by atoms with van der Waals surface area (Å²) in [5, 5.41) is 11.1. The number of hydrogen-bond donors (Lipinski definition) is 0. The molecule has 0 radical (unpaired) electrons. The van der Waals surface area contributed by atoms with Crippen molar-refractivity contribution in [2.45, 2.75) is 38.6 Å². The summed E-state index contributed by atoms with van der Waals surface area (Å²) in [6.07, 6.45) is -0.181. The lowest BCUT2D eigenvalue weighted by atomic mass is 10.1. The molecule has 122 valence electrons. The smallest absolute Gasteiger partial charge is 0.310 e. The fraction of sp³-hybridized carbons (Fsp3) is 0.600. The highest BCUT2D eigenvalue weighted by Gasteiger charge is 2.41. The van der Waals surface area contributed by atoms with Gasteiger partial charge in [0.25, 0.3) is 0 Å². The highest BCUT2D eigenvalue weighted by molar-refractivity contribution is 5.50. The number of nitrogens with zero attached hydrogens (tertiary/aromatic N) is 1. The second-order valence-electron chi connectivity index (χ2n) is 6.07. The third-order valence-corrected chi connectivity index (χ3v) is 2.99. The van der Waals surface area contributed by atoms with E-state index in [-0.39, 0.29) is 30.4 Å². The zero-order chi connectivity index (χ0) is 16.3. The summed E-state index contributed by atoms with van der Waals surface area (Å²) in [4.78, 5) is 10.7. The molecule has 0 bridgehead atoms. The van der Waals surface area contributed by atoms with Gasteiger partial charge in [-0.05, 0) is 38.5 Å². The molecule has 1 fully saturated rings. The lowest BCUT2D eigenvalue weighted by molar-refractivity contribution is -0.386. The standard InChI is InChI=1S/C15H21NO6/c1-15(2,3)22-12-7-10(5-6-11(12)16(17)18)14-13(21-14)8-20-9-19-4/h5-7,13-14H,8-9H2,1-4H3. The van der Waals surface area contributed by atoms with Crippen molar-refractivity contribution in [2.24, 2.45) is 0 Å². The van der Waals surface area contributed by atoms with Gasteiger partial charge in [0.2, 0.25) is 0 Å². The van der Waals surface area contributed by atoms with E-state index >= 15 is 0 Å². The van der Waals surface area contributed by atoms with Crippen molar-refractivity contribution in [2.75, 3.05) is 20.5 Å². The normalized spacial score (nSPS) is 20.7. The van der Waals surface area contributed by atoms with Gasteiger partial charge < -0.3 is 18.9 Å². The van der Waals surface area contributed by atoms with Crippen LogP contribution in [-0.4, -0.2) is 37.1 Å². The lowest BCUT2D eigenvalue weighted by Gasteiger charge is -2.21. The zero-order valence-electron chi connectivity index (χ0n) is 13.2. The molecule has 2 atom stereocenters. The zero-order valence-corrected chi connectivity index (χ0v) is 13.2. The molecule has 1 aliphatic heterocycles. The molecule has 1 aromatic carbocycles. The van der Waals surface area contributed by atoms with E-state index in [1.807, 2.05) is 20.8 Å². The van der Waals surface area contributed by atoms with Crippen molar-refractivity contribution < 1.29 is 23.9 Å². The van der Waals surface area contributed by atoms with Gasteiger partial charge in [0.05, 0.1) is 11.5 Å². The molecule has 0 spiro atoms. The fourth-order valence-electron chi connectivity index (χ4n) is 2.08. The third-order valence-electron chi connectivity index (χ3n) is 2.99. The lowest BCUT2D eigenvalue weighted by Crippen LogP contribution is -2.23. The highest BCUT2D eigenvalue weighted by Crippen LogP contribution is 2.42. The largest absolute Gasteiger partial charge is 0.481 e. The Hall–Kier alpha value is -1.70. The third kappa shape index (κ3) is 4.40. The van der Waals surface area contributed by atoms with Crippen LogP contribution in [0.15, 0.2) is 18.2 Å². The minimum absolute atomic E-state index is 0.0495. The van der Waals surface area contributed by atoms with Gasteiger partial charge in [0, 0.05) is 13.2 Å². The van der Waals surface area contributed by atoms with Crippen LogP contribution >= 0.6 is 0 Å². The molecule has 0 amide bonds. The molecular weight excluding hydrogens is 290 g/mol. The van der Waals surface area contributed by atoms with Crippen LogP contribution in [0.5, 0.6) is 5.75 Å². The number of ether oxygens (including phenoxy) is 4. The minimum atomic E-state index is -0.519. The van der Waals surface area contributed by atoms with Gasteiger partial charge in [-0.2, -0.15) is 0 Å². The molecule has 1 aliphatic rings. The first-order valence-corrected chi connectivity index (χ1v) is 7.01. The molecule has 22 heavy (non-hydrogen) atoms. The maximum Gasteiger partial charge on any atom is 0.310 e. The van der Waals surface area contributed by atoms with Crippen LogP contribution in [0.25, 0.3) is 0 Å². The molecule has 0 aromatic heterocycles. The minimum Gasteiger partial charge on any atom is -0.481 e. The van der Waals surface area contributed by atoms with E-state index < -0.39 is 10.5 Å². The van der Waals surface area contributed by atoms with Crippen molar-refractivity contribution in [3.05, 3.63) is 33.9 Å². The number of benzene rings is 1. The molecule has 2 unspecified atom stereocenters. The number of epoxide rings is 1. The number of methoxy groups -OCH3 is 1. The summed E-state index contributed by atoms with van der Waals surface area (Å²) in [6, 6.07) is 4.81. The monoisotopic (exact) mass is 311 g/mol. The fourth-order valence-corrected chi connectivity index (χ4v) is 2.08. The molecule has 7 heteroatoms. The first-order chi connectivity index (χ1) is 10.3. The Balaban J connectivity index is 2.11. The van der Waals surface area contributed by atoms with Crippen LogP contribution in [0.1, 0.15) is 32.4 Å². The van der Waals surface area contributed by atoms with Crippen LogP contribution < -0.4 is 4.74 Å². The quantitative estimate of drug-likeness (QED) is 0.253. The van der Waals surface area contributed by atoms with E-state index in [2.05, 4.69) is 0 Å². The van der Waals surface area contributed by atoms with Crippen molar-refractivity contribution in [3.8, 4) is 5.75 Å². The van der Waals surface area contributed by atoms with Crippen LogP contribution in [-0.2, 0) is 14.2 Å². The van der Waals surface area contributed by atoms with Crippen molar-refractivity contribution >= 4 is 5.69 Å². The van der Waals surface area contributed by atoms with Gasteiger partial charge in [-0.3, -0.25) is 10.1 Å². The topological polar surface area (TPSA) is 83.4 Å². The Bertz CT molecular complexity index is 539. The SMILES string of the molecule is COCOCC1OC1c1ccc([N+](=O)[O-])c(OC(C)(C)C)c1. The van der Waals surface area contributed by atoms with Crippen LogP contribution in [0, 0.1) is 10.1 Å². The number of nitro groups is 1. The predicted octanol–water partition coefficient (Wildman–Crippen LogP) is 2.83. The van der Waals surface area contributed by atoms with E-state index in [1.165, 1.54) is 6.07 Å². The Kier molecular flexibility index (Phi) is 5.00. The van der Waals surface area contributed by atoms with E-state index in [4.69, 9.17) is 18.9 Å². The van der Waals surface area contributed by atoms with Gasteiger partial charge in [0.15, 0.2) is 5.75 Å². The van der Waals surface area contributed by atoms with E-state index in [9.17, 15) is 10.1 Å². The maximum atomic E-state index is 11.1. The molecule has 0 saturated carbocycles. The molecule has 1 heterocycles. The van der Waals surface area contributed by atoms with Crippen molar-refractivity contribution in [1.29, 1.82) is 0 Å². The Morgan fingerprint density at radius 2 is 2.09 bits per heavy atom. The van der Waals surface area contributed by atoms with Gasteiger partial charge in [-0.25, -0.2) is 0 Å². The van der Waals surface area contributed by atoms with E-state index in [1.54, 1.807) is 19.2 Å². The Morgan fingerprint density at radius 1 is 1.36 bits per heavy atom. The van der Waals surface area contributed by atoms with Gasteiger partial charge >= 0.3 is 5.69 Å². The molecule has 1 saturated heterocycles. The predicted molar refractivity (Wildman–Crippen MR) is 78.9 cm³/mol. The molecule has 1 aromatic rings. The number of rotatable bonds is 7. The summed E-state index contributed by atoms with van der Waals surface area (Å²) >= 11 is 0. The van der Waals surface area contributed by atoms with Crippen LogP contribution in [0.4, 0.5) is 5.69 Å². The second kappa shape index (κ2) is 6.60. The first kappa shape index (κ1) is 16.7. The van der Waals surface area contributed by atoms with E-state index in [0.29, 0.717) is 6.61 Å². The summed E-state index contributed by atoms with van der Waals surface area (Å²) in [5.41, 5.74) is 0.275. The van der Waals surface area contributed by atoms with Crippen LogP contribution in [0.3, 0.4) is 0 Å². The van der Waals surface area contributed by atoms with E-state index in [0.717, 1.165) is 5.56 Å². The summed E-state index contributed by atoms with van der Waals surface area (Å²) in [5.74, 6) is 0.252. The average molecular weight is 311 g/mol. The molecule has 0 N–H and O–H groups in total. The summed E-state index contributed by atoms with van der Waals surface area (Å²) in [6.45, 7) is 6.17. The van der Waals surface area contributed by atoms with Gasteiger partial charge in [-0.15, -0.1) is 0 Å². The summed E-state index contributed by atoms with van der Waals surface area (Å²) in [7, 11) is 1.55. The average Bonchev–Trinajstić information content (AvgIpc) is 3.16. The van der Waals surface area contributed by atoms with Crippen LogP contribution in [0.2, 0.25) is 0 Å². The second-order valence-corrected chi connectivity index (χ2v) is 6.07. The highest BCUT2D eigenvalue weighted by atomic mass is 16.7. The molecule has 2 rings (SSSR count). The van der Waals surface area contributed by atoms with Crippen molar-refractivity contribution in [3.63, 3.8) is 0 Å². The number of hydrogen-bond acceptors (Lipinski definition) is 6. The molecular formula is C15H21NO6.